The number of fused-ring (bicyclic) bond motifs is 1. The summed E-state index contributed by atoms with van der Waals surface area (Å²) in [5.41, 5.74) is 1.98. The van der Waals surface area contributed by atoms with Crippen molar-refractivity contribution in [3.05, 3.63) is 53.6 Å². The number of sulfone groups is 1. The number of hydrogen-bond acceptors (Lipinski definition) is 6. The Hall–Kier alpha value is -3.20. The zero-order chi connectivity index (χ0) is 21.9. The fourth-order valence-electron chi connectivity index (χ4n) is 2.94. The number of anilines is 2. The second-order valence-corrected chi connectivity index (χ2v) is 9.08. The average molecular weight is 430 g/mol. The van der Waals surface area contributed by atoms with Crippen LogP contribution in [0.2, 0.25) is 0 Å². The van der Waals surface area contributed by atoms with E-state index in [4.69, 9.17) is 4.74 Å². The molecular formula is C21H22N2O6S. The molecule has 1 atom stereocenters. The highest BCUT2D eigenvalue weighted by molar-refractivity contribution is 7.92. The van der Waals surface area contributed by atoms with Crippen LogP contribution in [0.15, 0.2) is 42.5 Å². The van der Waals surface area contributed by atoms with E-state index in [2.05, 4.69) is 10.6 Å². The van der Waals surface area contributed by atoms with Crippen molar-refractivity contribution >= 4 is 38.8 Å². The predicted molar refractivity (Wildman–Crippen MR) is 113 cm³/mol. The van der Waals surface area contributed by atoms with Crippen molar-refractivity contribution in [1.82, 2.24) is 0 Å². The highest BCUT2D eigenvalue weighted by atomic mass is 32.2. The number of benzene rings is 2. The third-order valence-electron chi connectivity index (χ3n) is 4.58. The molecule has 1 heterocycles. The Morgan fingerprint density at radius 1 is 1.10 bits per heavy atom. The fraction of sp³-hybridized carbons (Fsp3) is 0.286. The summed E-state index contributed by atoms with van der Waals surface area (Å²) >= 11 is 0. The van der Waals surface area contributed by atoms with Crippen LogP contribution in [-0.4, -0.2) is 43.6 Å². The number of aryl methyl sites for hydroxylation is 1. The normalized spacial score (nSPS) is 15.5. The highest BCUT2D eigenvalue weighted by Crippen LogP contribution is 2.30. The zero-order valence-corrected chi connectivity index (χ0v) is 17.4. The van der Waals surface area contributed by atoms with Gasteiger partial charge in [-0.25, -0.2) is 8.42 Å². The Labute approximate surface area is 174 Å². The Balaban J connectivity index is 1.63. The van der Waals surface area contributed by atoms with E-state index in [-0.39, 0.29) is 11.5 Å². The lowest BCUT2D eigenvalue weighted by atomic mass is 10.1. The Kier molecular flexibility index (Phi) is 6.21. The van der Waals surface area contributed by atoms with Crippen molar-refractivity contribution in [2.45, 2.75) is 26.4 Å². The molecule has 9 heteroatoms. The van der Waals surface area contributed by atoms with Gasteiger partial charge >= 0.3 is 0 Å². The Bertz CT molecular complexity index is 1090. The van der Waals surface area contributed by atoms with E-state index < -0.39 is 39.1 Å². The SMILES string of the molecule is CCc1ccc(NC(=O)CS(=O)(=O)CC(=O)c2ccc3c(c2)NC(=O)C(C)O3)cc1. The maximum Gasteiger partial charge on any atom is 0.265 e. The summed E-state index contributed by atoms with van der Waals surface area (Å²) in [6.07, 6.45) is 0.193. The minimum absolute atomic E-state index is 0.103. The van der Waals surface area contributed by atoms with Crippen LogP contribution in [0.5, 0.6) is 5.75 Å². The second kappa shape index (κ2) is 8.66. The van der Waals surface area contributed by atoms with Crippen LogP contribution < -0.4 is 15.4 Å². The summed E-state index contributed by atoms with van der Waals surface area (Å²) < 4.78 is 30.1. The minimum atomic E-state index is -3.98. The summed E-state index contributed by atoms with van der Waals surface area (Å²) in [4.78, 5) is 36.2. The highest BCUT2D eigenvalue weighted by Gasteiger charge is 2.26. The lowest BCUT2D eigenvalue weighted by molar-refractivity contribution is -0.122. The van der Waals surface area contributed by atoms with Crippen molar-refractivity contribution in [3.8, 4) is 5.75 Å². The number of ether oxygens (including phenoxy) is 1. The van der Waals surface area contributed by atoms with Crippen LogP contribution >= 0.6 is 0 Å². The van der Waals surface area contributed by atoms with Gasteiger partial charge < -0.3 is 15.4 Å². The quantitative estimate of drug-likeness (QED) is 0.650. The number of Topliss-reactive ketones (excluding diaryl/α,β-unsaturated/α-hetero) is 1. The number of hydrogen-bond donors (Lipinski definition) is 2. The second-order valence-electron chi connectivity index (χ2n) is 7.01. The number of rotatable bonds is 7. The zero-order valence-electron chi connectivity index (χ0n) is 16.6. The molecule has 1 unspecified atom stereocenters. The summed E-state index contributed by atoms with van der Waals surface area (Å²) in [5, 5.41) is 5.12. The van der Waals surface area contributed by atoms with Crippen LogP contribution in [0.4, 0.5) is 11.4 Å². The summed E-state index contributed by atoms with van der Waals surface area (Å²) in [6, 6.07) is 11.4. The van der Waals surface area contributed by atoms with Gasteiger partial charge in [-0.1, -0.05) is 19.1 Å². The van der Waals surface area contributed by atoms with E-state index in [9.17, 15) is 22.8 Å². The molecule has 2 N–H and O–H groups in total. The first-order chi connectivity index (χ1) is 14.2. The monoisotopic (exact) mass is 430 g/mol. The molecular weight excluding hydrogens is 408 g/mol. The smallest absolute Gasteiger partial charge is 0.265 e. The van der Waals surface area contributed by atoms with Gasteiger partial charge in [0.05, 0.1) is 5.69 Å². The fourth-order valence-corrected chi connectivity index (χ4v) is 4.08. The van der Waals surface area contributed by atoms with Crippen LogP contribution in [0.25, 0.3) is 0 Å². The molecule has 0 aromatic heterocycles. The summed E-state index contributed by atoms with van der Waals surface area (Å²) in [5.74, 6) is -2.98. The van der Waals surface area contributed by atoms with E-state index in [0.717, 1.165) is 12.0 Å². The van der Waals surface area contributed by atoms with Gasteiger partial charge in [0.1, 0.15) is 17.3 Å². The van der Waals surface area contributed by atoms with Gasteiger partial charge in [-0.3, -0.25) is 14.4 Å². The van der Waals surface area contributed by atoms with Crippen LogP contribution in [0.3, 0.4) is 0 Å². The maximum atomic E-state index is 12.4. The number of ketones is 1. The largest absolute Gasteiger partial charge is 0.479 e. The third-order valence-corrected chi connectivity index (χ3v) is 5.98. The first-order valence-corrected chi connectivity index (χ1v) is 11.2. The lowest BCUT2D eigenvalue weighted by Gasteiger charge is -2.23. The van der Waals surface area contributed by atoms with Gasteiger partial charge in [-0.2, -0.15) is 0 Å². The van der Waals surface area contributed by atoms with E-state index in [1.54, 1.807) is 19.1 Å². The Morgan fingerprint density at radius 2 is 1.80 bits per heavy atom. The molecule has 0 saturated carbocycles. The predicted octanol–water partition coefficient (Wildman–Crippen LogP) is 2.20. The van der Waals surface area contributed by atoms with Crippen LogP contribution in [0, 0.1) is 0 Å². The third kappa shape index (κ3) is 5.24. The van der Waals surface area contributed by atoms with Crippen molar-refractivity contribution in [3.63, 3.8) is 0 Å². The molecule has 1 aliphatic heterocycles. The summed E-state index contributed by atoms with van der Waals surface area (Å²) in [6.45, 7) is 3.59. The molecule has 0 aliphatic carbocycles. The molecule has 0 spiro atoms. The van der Waals surface area contributed by atoms with Crippen molar-refractivity contribution in [2.24, 2.45) is 0 Å². The molecule has 0 fully saturated rings. The molecule has 0 bridgehead atoms. The minimum Gasteiger partial charge on any atom is -0.479 e. The number of carbonyl (C=O) groups excluding carboxylic acids is 3. The molecule has 2 amide bonds. The standard InChI is InChI=1S/C21H22N2O6S/c1-3-14-4-7-16(8-5-14)22-20(25)12-30(27,28)11-18(24)15-6-9-19-17(10-15)23-21(26)13(2)29-19/h4-10,13H,3,11-12H2,1-2H3,(H,22,25)(H,23,26). The van der Waals surface area contributed by atoms with E-state index in [0.29, 0.717) is 17.1 Å². The van der Waals surface area contributed by atoms with E-state index in [1.807, 2.05) is 19.1 Å². The van der Waals surface area contributed by atoms with Gasteiger partial charge in [0.2, 0.25) is 5.91 Å². The van der Waals surface area contributed by atoms with Gasteiger partial charge in [0, 0.05) is 11.3 Å². The molecule has 2 aromatic carbocycles. The van der Waals surface area contributed by atoms with Crippen LogP contribution in [-0.2, 0) is 25.8 Å². The molecule has 158 valence electrons. The topological polar surface area (TPSA) is 119 Å². The molecule has 0 saturated heterocycles. The summed E-state index contributed by atoms with van der Waals surface area (Å²) in [7, 11) is -3.98. The molecule has 30 heavy (non-hydrogen) atoms. The van der Waals surface area contributed by atoms with E-state index >= 15 is 0 Å². The lowest BCUT2D eigenvalue weighted by Crippen LogP contribution is -2.34. The maximum absolute atomic E-state index is 12.4. The van der Waals surface area contributed by atoms with Crippen molar-refractivity contribution < 1.29 is 27.5 Å². The van der Waals surface area contributed by atoms with Crippen LogP contribution in [0.1, 0.15) is 29.8 Å². The van der Waals surface area contributed by atoms with Crippen molar-refractivity contribution in [2.75, 3.05) is 22.1 Å². The molecule has 1 aliphatic rings. The number of nitrogens with one attached hydrogen (secondary N) is 2. The van der Waals surface area contributed by atoms with Gasteiger partial charge in [-0.05, 0) is 49.2 Å². The number of carbonyl (C=O) groups is 3. The Morgan fingerprint density at radius 3 is 2.47 bits per heavy atom. The van der Waals surface area contributed by atoms with Gasteiger partial charge in [0.25, 0.3) is 5.91 Å². The molecule has 8 nitrogen and oxygen atoms in total. The average Bonchev–Trinajstić information content (AvgIpc) is 2.68. The number of amides is 2. The van der Waals surface area contributed by atoms with Crippen molar-refractivity contribution in [1.29, 1.82) is 0 Å². The molecule has 3 rings (SSSR count). The first kappa shape index (κ1) is 21.5. The van der Waals surface area contributed by atoms with Gasteiger partial charge in [-0.15, -0.1) is 0 Å². The van der Waals surface area contributed by atoms with E-state index in [1.165, 1.54) is 18.2 Å². The molecule has 0 radical (unpaired) electrons. The molecule has 2 aromatic rings. The van der Waals surface area contributed by atoms with Gasteiger partial charge in [0.15, 0.2) is 21.7 Å². The first-order valence-electron chi connectivity index (χ1n) is 9.41.